The molecule has 2 aromatic carbocycles. The Morgan fingerprint density at radius 2 is 1.69 bits per heavy atom. The Hall–Kier alpha value is -2.68. The average Bonchev–Trinajstić information content (AvgIpc) is 2.80. The summed E-state index contributed by atoms with van der Waals surface area (Å²) in [6, 6.07) is 13.9. The van der Waals surface area contributed by atoms with Crippen LogP contribution in [-0.2, 0) is 26.0 Å². The monoisotopic (exact) mass is 531 g/mol. The fourth-order valence-corrected chi connectivity index (χ4v) is 7.32. The minimum Gasteiger partial charge on any atom is -0.349 e. The van der Waals surface area contributed by atoms with Crippen LogP contribution in [0.2, 0.25) is 5.02 Å². The van der Waals surface area contributed by atoms with E-state index in [9.17, 15) is 18.0 Å². The van der Waals surface area contributed by atoms with Crippen LogP contribution in [0, 0.1) is 10.8 Å². The summed E-state index contributed by atoms with van der Waals surface area (Å²) in [7, 11) is -3.93. The number of amides is 2. The zero-order chi connectivity index (χ0) is 26.7. The molecule has 36 heavy (non-hydrogen) atoms. The average molecular weight is 532 g/mol. The highest BCUT2D eigenvalue weighted by Crippen LogP contribution is 2.43. The zero-order valence-corrected chi connectivity index (χ0v) is 22.7. The smallest absolute Gasteiger partial charge is 0.244 e. The highest BCUT2D eigenvalue weighted by Gasteiger charge is 2.50. The summed E-state index contributed by atoms with van der Waals surface area (Å²) < 4.78 is 28.6. The van der Waals surface area contributed by atoms with E-state index in [0.717, 1.165) is 5.56 Å². The van der Waals surface area contributed by atoms with Gasteiger partial charge in [-0.05, 0) is 47.1 Å². The molecule has 0 aromatic heterocycles. The van der Waals surface area contributed by atoms with E-state index >= 15 is 0 Å². The number of rotatable bonds is 8. The highest BCUT2D eigenvalue weighted by atomic mass is 35.5. The van der Waals surface area contributed by atoms with Gasteiger partial charge in [-0.3, -0.25) is 9.59 Å². The lowest BCUT2D eigenvalue weighted by Crippen LogP contribution is -2.64. The predicted molar refractivity (Wildman–Crippen MR) is 143 cm³/mol. The SMILES string of the molecule is C=CC(=O)NC1C(C)(C)CN(S(=O)(=O)c2ccc(NC(=O)CCc3ccccc3)cc2Cl)CC1(C)C. The van der Waals surface area contributed by atoms with Crippen LogP contribution in [0.1, 0.15) is 39.7 Å². The van der Waals surface area contributed by atoms with E-state index in [1.54, 1.807) is 6.07 Å². The van der Waals surface area contributed by atoms with E-state index in [1.165, 1.54) is 22.5 Å². The number of hydrogen-bond acceptors (Lipinski definition) is 4. The number of carbonyl (C=O) groups is 2. The molecule has 0 spiro atoms. The summed E-state index contributed by atoms with van der Waals surface area (Å²) in [5.74, 6) is -0.473. The topological polar surface area (TPSA) is 95.6 Å². The number of piperidine rings is 1. The van der Waals surface area contributed by atoms with Crippen molar-refractivity contribution in [2.45, 2.75) is 51.5 Å². The standard InChI is InChI=1S/C27H34ClN3O4S/c1-6-23(32)30-25-26(2,3)17-31(18-27(25,4)5)36(34,35)22-14-13-20(16-21(22)28)29-24(33)15-12-19-10-8-7-9-11-19/h6-11,13-14,16,25H,1,12,15,17-18H2,2-5H3,(H,29,33)(H,30,32). The molecule has 7 nitrogen and oxygen atoms in total. The molecular weight excluding hydrogens is 498 g/mol. The molecule has 1 saturated heterocycles. The Bertz CT molecular complexity index is 1220. The fourth-order valence-electron chi connectivity index (χ4n) is 5.02. The van der Waals surface area contributed by atoms with Gasteiger partial charge in [0.1, 0.15) is 4.90 Å². The minimum atomic E-state index is -3.93. The van der Waals surface area contributed by atoms with Crippen LogP contribution < -0.4 is 10.6 Å². The summed E-state index contributed by atoms with van der Waals surface area (Å²) in [5.41, 5.74) is 0.397. The van der Waals surface area contributed by atoms with E-state index in [-0.39, 0.29) is 40.9 Å². The molecule has 3 rings (SSSR count). The summed E-state index contributed by atoms with van der Waals surface area (Å²) >= 11 is 6.42. The van der Waals surface area contributed by atoms with Crippen LogP contribution in [0.3, 0.4) is 0 Å². The second-order valence-corrected chi connectivity index (χ2v) is 12.9. The molecule has 0 atom stereocenters. The van der Waals surface area contributed by atoms with Gasteiger partial charge in [0, 0.05) is 31.2 Å². The molecular formula is C27H34ClN3O4S. The molecule has 1 aliphatic rings. The molecule has 194 valence electrons. The minimum absolute atomic E-state index is 0.0216. The van der Waals surface area contributed by atoms with Gasteiger partial charge in [0.2, 0.25) is 21.8 Å². The van der Waals surface area contributed by atoms with Crippen LogP contribution in [0.4, 0.5) is 5.69 Å². The molecule has 0 unspecified atom stereocenters. The maximum Gasteiger partial charge on any atom is 0.244 e. The third-order valence-electron chi connectivity index (χ3n) is 6.52. The summed E-state index contributed by atoms with van der Waals surface area (Å²) in [5, 5.41) is 5.80. The number of halogens is 1. The normalized spacial score (nSPS) is 17.8. The van der Waals surface area contributed by atoms with Gasteiger partial charge in [-0.15, -0.1) is 0 Å². The summed E-state index contributed by atoms with van der Waals surface area (Å²) in [4.78, 5) is 24.4. The zero-order valence-electron chi connectivity index (χ0n) is 21.2. The van der Waals surface area contributed by atoms with Gasteiger partial charge in [-0.1, -0.05) is 76.2 Å². The van der Waals surface area contributed by atoms with Gasteiger partial charge in [0.05, 0.1) is 5.02 Å². The number of hydrogen-bond donors (Lipinski definition) is 2. The van der Waals surface area contributed by atoms with Gasteiger partial charge in [-0.25, -0.2) is 8.42 Å². The van der Waals surface area contributed by atoms with Crippen molar-refractivity contribution in [2.24, 2.45) is 10.8 Å². The Labute approximate surface area is 219 Å². The van der Waals surface area contributed by atoms with E-state index in [0.29, 0.717) is 18.5 Å². The van der Waals surface area contributed by atoms with Crippen molar-refractivity contribution >= 4 is 39.1 Å². The number of nitrogens with one attached hydrogen (secondary N) is 2. The number of nitrogens with zero attached hydrogens (tertiary/aromatic N) is 1. The van der Waals surface area contributed by atoms with E-state index in [2.05, 4.69) is 17.2 Å². The fraction of sp³-hybridized carbons (Fsp3) is 0.407. The number of aryl methyl sites for hydroxylation is 1. The second kappa shape index (κ2) is 10.7. The highest BCUT2D eigenvalue weighted by molar-refractivity contribution is 7.89. The van der Waals surface area contributed by atoms with Crippen LogP contribution in [0.5, 0.6) is 0 Å². The van der Waals surface area contributed by atoms with Crippen molar-refractivity contribution in [3.05, 3.63) is 71.8 Å². The van der Waals surface area contributed by atoms with E-state index in [4.69, 9.17) is 11.6 Å². The largest absolute Gasteiger partial charge is 0.349 e. The molecule has 1 fully saturated rings. The molecule has 1 aliphatic heterocycles. The van der Waals surface area contributed by atoms with Gasteiger partial charge >= 0.3 is 0 Å². The first kappa shape index (κ1) is 27.9. The van der Waals surface area contributed by atoms with Crippen molar-refractivity contribution in [1.29, 1.82) is 0 Å². The molecule has 9 heteroatoms. The third-order valence-corrected chi connectivity index (χ3v) is 8.79. The summed E-state index contributed by atoms with van der Waals surface area (Å²) in [6.45, 7) is 11.6. The molecule has 0 saturated carbocycles. The van der Waals surface area contributed by atoms with Gasteiger partial charge in [0.25, 0.3) is 0 Å². The molecule has 2 aromatic rings. The summed E-state index contributed by atoms with van der Waals surface area (Å²) in [6.07, 6.45) is 2.11. The van der Waals surface area contributed by atoms with Crippen molar-refractivity contribution in [1.82, 2.24) is 9.62 Å². The van der Waals surface area contributed by atoms with Gasteiger partial charge in [-0.2, -0.15) is 4.31 Å². The quantitative estimate of drug-likeness (QED) is 0.485. The molecule has 0 bridgehead atoms. The van der Waals surface area contributed by atoms with E-state index < -0.39 is 20.9 Å². The Morgan fingerprint density at radius 3 is 2.25 bits per heavy atom. The molecule has 0 aliphatic carbocycles. The van der Waals surface area contributed by atoms with Crippen molar-refractivity contribution in [3.8, 4) is 0 Å². The number of carbonyl (C=O) groups excluding carboxylic acids is 2. The van der Waals surface area contributed by atoms with Crippen molar-refractivity contribution in [2.75, 3.05) is 18.4 Å². The number of anilines is 1. The first-order chi connectivity index (χ1) is 16.8. The molecule has 1 heterocycles. The van der Waals surface area contributed by atoms with Gasteiger partial charge in [0.15, 0.2) is 0 Å². The first-order valence-electron chi connectivity index (χ1n) is 11.8. The van der Waals surface area contributed by atoms with Crippen LogP contribution in [-0.4, -0.2) is 43.7 Å². The number of sulfonamides is 1. The molecule has 2 N–H and O–H groups in total. The van der Waals surface area contributed by atoms with Crippen molar-refractivity contribution in [3.63, 3.8) is 0 Å². The Kier molecular flexibility index (Phi) is 8.33. The lowest BCUT2D eigenvalue weighted by atomic mass is 9.67. The van der Waals surface area contributed by atoms with Gasteiger partial charge < -0.3 is 10.6 Å². The lowest BCUT2D eigenvalue weighted by Gasteiger charge is -2.52. The predicted octanol–water partition coefficient (Wildman–Crippen LogP) is 4.64. The number of benzene rings is 2. The lowest BCUT2D eigenvalue weighted by molar-refractivity contribution is -0.120. The maximum absolute atomic E-state index is 13.6. The Balaban J connectivity index is 1.75. The van der Waals surface area contributed by atoms with E-state index in [1.807, 2.05) is 58.0 Å². The second-order valence-electron chi connectivity index (χ2n) is 10.6. The Morgan fingerprint density at radius 1 is 1.08 bits per heavy atom. The van der Waals surface area contributed by atoms with Crippen LogP contribution in [0.15, 0.2) is 66.1 Å². The van der Waals surface area contributed by atoms with Crippen LogP contribution in [0.25, 0.3) is 0 Å². The van der Waals surface area contributed by atoms with Crippen LogP contribution >= 0.6 is 11.6 Å². The molecule has 2 amide bonds. The first-order valence-corrected chi connectivity index (χ1v) is 13.6. The third kappa shape index (κ3) is 6.35. The van der Waals surface area contributed by atoms with Crippen molar-refractivity contribution < 1.29 is 18.0 Å². The maximum atomic E-state index is 13.6. The molecule has 0 radical (unpaired) electrons.